The summed E-state index contributed by atoms with van der Waals surface area (Å²) in [5.41, 5.74) is 1.21. The van der Waals surface area contributed by atoms with E-state index in [0.717, 1.165) is 11.1 Å². The predicted octanol–water partition coefficient (Wildman–Crippen LogP) is 3.56. The molecule has 0 amide bonds. The molecule has 0 radical (unpaired) electrons. The number of benzene rings is 1. The largest absolute Gasteiger partial charge is 0.382 e. The smallest absolute Gasteiger partial charge is 0.188 e. The third-order valence-electron chi connectivity index (χ3n) is 3.53. The van der Waals surface area contributed by atoms with Crippen LogP contribution in [0.25, 0.3) is 0 Å². The molecule has 0 spiro atoms. The normalized spacial score (nSPS) is 22.6. The minimum atomic E-state index is 0.641. The number of nitrogens with zero attached hydrogens (tertiary/aromatic N) is 2. The molecule has 2 aromatic rings. The first kappa shape index (κ1) is 12.5. The van der Waals surface area contributed by atoms with E-state index >= 15 is 0 Å². The summed E-state index contributed by atoms with van der Waals surface area (Å²) in [4.78, 5) is 5.27. The quantitative estimate of drug-likeness (QED) is 0.895. The molecule has 1 saturated carbocycles. The topological polar surface area (TPSA) is 53.6 Å². The molecule has 4 nitrogen and oxygen atoms in total. The molecule has 1 heterocycles. The number of aromatic nitrogens is 3. The number of anilines is 1. The molecule has 1 aromatic heterocycles. The summed E-state index contributed by atoms with van der Waals surface area (Å²) in [6.07, 6.45) is 5.45. The van der Waals surface area contributed by atoms with E-state index in [4.69, 9.17) is 0 Å². The number of rotatable bonds is 4. The number of nitrogens with one attached hydrogen (secondary N) is 2. The van der Waals surface area contributed by atoms with Gasteiger partial charge in [0.1, 0.15) is 6.33 Å². The first-order valence-electron chi connectivity index (χ1n) is 6.69. The molecule has 3 rings (SSSR count). The summed E-state index contributed by atoms with van der Waals surface area (Å²) in [5, 5.41) is 11.1. The van der Waals surface area contributed by atoms with Crippen LogP contribution in [0, 0.1) is 5.92 Å². The van der Waals surface area contributed by atoms with Gasteiger partial charge in [0.2, 0.25) is 0 Å². The van der Waals surface area contributed by atoms with Crippen LogP contribution in [0.3, 0.4) is 0 Å². The highest BCUT2D eigenvalue weighted by atomic mass is 32.2. The van der Waals surface area contributed by atoms with Crippen molar-refractivity contribution in [2.24, 2.45) is 5.92 Å². The zero-order valence-corrected chi connectivity index (χ0v) is 11.8. The maximum Gasteiger partial charge on any atom is 0.188 e. The van der Waals surface area contributed by atoms with Crippen LogP contribution in [-0.4, -0.2) is 21.2 Å². The van der Waals surface area contributed by atoms with Crippen molar-refractivity contribution in [1.82, 2.24) is 15.2 Å². The summed E-state index contributed by atoms with van der Waals surface area (Å²) in [5.74, 6) is 0.860. The second kappa shape index (κ2) is 5.65. The second-order valence-electron chi connectivity index (χ2n) is 5.18. The van der Waals surface area contributed by atoms with Gasteiger partial charge in [0, 0.05) is 16.6 Å². The van der Waals surface area contributed by atoms with Gasteiger partial charge in [-0.2, -0.15) is 5.10 Å². The fourth-order valence-electron chi connectivity index (χ4n) is 2.55. The molecular weight excluding hydrogens is 256 g/mol. The fourth-order valence-corrected chi connectivity index (χ4v) is 3.24. The van der Waals surface area contributed by atoms with Crippen LogP contribution in [0.15, 0.2) is 40.6 Å². The Bertz CT molecular complexity index is 509. The molecule has 100 valence electrons. The summed E-state index contributed by atoms with van der Waals surface area (Å²) in [7, 11) is 0. The van der Waals surface area contributed by atoms with E-state index in [1.807, 2.05) is 0 Å². The van der Waals surface area contributed by atoms with Gasteiger partial charge in [-0.25, -0.2) is 4.98 Å². The highest BCUT2D eigenvalue weighted by Crippen LogP contribution is 2.29. The first-order chi connectivity index (χ1) is 9.29. The van der Waals surface area contributed by atoms with Crippen LogP contribution in [0.4, 0.5) is 5.69 Å². The van der Waals surface area contributed by atoms with Crippen LogP contribution in [0.5, 0.6) is 0 Å². The van der Waals surface area contributed by atoms with Crippen molar-refractivity contribution in [3.05, 3.63) is 30.6 Å². The molecule has 1 aromatic carbocycles. The van der Waals surface area contributed by atoms with Gasteiger partial charge >= 0.3 is 0 Å². The monoisotopic (exact) mass is 274 g/mol. The van der Waals surface area contributed by atoms with E-state index in [1.54, 1.807) is 11.8 Å². The molecule has 2 unspecified atom stereocenters. The highest BCUT2D eigenvalue weighted by molar-refractivity contribution is 7.99. The third kappa shape index (κ3) is 3.29. The van der Waals surface area contributed by atoms with E-state index in [-0.39, 0.29) is 0 Å². The predicted molar refractivity (Wildman–Crippen MR) is 77.4 cm³/mol. The summed E-state index contributed by atoms with van der Waals surface area (Å²) in [6.45, 7) is 2.33. The van der Waals surface area contributed by atoms with E-state index < -0.39 is 0 Å². The van der Waals surface area contributed by atoms with Gasteiger partial charge in [0.15, 0.2) is 5.16 Å². The number of H-pyrrole nitrogens is 1. The summed E-state index contributed by atoms with van der Waals surface area (Å²) >= 11 is 1.59. The third-order valence-corrected chi connectivity index (χ3v) is 4.43. The summed E-state index contributed by atoms with van der Waals surface area (Å²) < 4.78 is 0. The van der Waals surface area contributed by atoms with Crippen LogP contribution in [0.1, 0.15) is 26.2 Å². The average molecular weight is 274 g/mol. The van der Waals surface area contributed by atoms with Gasteiger partial charge in [-0.3, -0.25) is 5.10 Å². The lowest BCUT2D eigenvalue weighted by molar-refractivity contribution is 0.602. The molecule has 1 aliphatic carbocycles. The Kier molecular flexibility index (Phi) is 3.73. The Morgan fingerprint density at radius 3 is 2.74 bits per heavy atom. The van der Waals surface area contributed by atoms with Crippen molar-refractivity contribution in [1.29, 1.82) is 0 Å². The van der Waals surface area contributed by atoms with Crippen molar-refractivity contribution in [3.8, 4) is 0 Å². The number of hydrogen-bond acceptors (Lipinski definition) is 4. The number of aromatic amines is 1. The molecular formula is C14H18N4S. The summed E-state index contributed by atoms with van der Waals surface area (Å²) in [6, 6.07) is 9.16. The van der Waals surface area contributed by atoms with E-state index in [1.165, 1.54) is 36.2 Å². The zero-order valence-electron chi connectivity index (χ0n) is 11.0. The Labute approximate surface area is 117 Å². The fraction of sp³-hybridized carbons (Fsp3) is 0.429. The lowest BCUT2D eigenvalue weighted by Crippen LogP contribution is -2.14. The van der Waals surface area contributed by atoms with Crippen LogP contribution < -0.4 is 5.32 Å². The molecule has 2 atom stereocenters. The standard InChI is InChI=1S/C14H18N4S/c1-10-2-3-12(8-10)17-11-4-6-13(7-5-11)19-14-15-9-16-18-14/h4-7,9-10,12,17H,2-3,8H2,1H3,(H,15,16,18). The molecule has 1 aliphatic rings. The van der Waals surface area contributed by atoms with Crippen LogP contribution in [0.2, 0.25) is 0 Å². The van der Waals surface area contributed by atoms with Crippen molar-refractivity contribution in [2.75, 3.05) is 5.32 Å². The van der Waals surface area contributed by atoms with Gasteiger partial charge in [-0.1, -0.05) is 18.7 Å². The molecule has 2 N–H and O–H groups in total. The van der Waals surface area contributed by atoms with E-state index in [9.17, 15) is 0 Å². The first-order valence-corrected chi connectivity index (χ1v) is 7.51. The minimum Gasteiger partial charge on any atom is -0.382 e. The SMILES string of the molecule is CC1CCC(Nc2ccc(Sc3ncn[nH]3)cc2)C1. The lowest BCUT2D eigenvalue weighted by atomic mass is 10.1. The Balaban J connectivity index is 1.59. The van der Waals surface area contributed by atoms with Crippen molar-refractivity contribution in [3.63, 3.8) is 0 Å². The van der Waals surface area contributed by atoms with Crippen molar-refractivity contribution < 1.29 is 0 Å². The van der Waals surface area contributed by atoms with Gasteiger partial charge in [0.05, 0.1) is 0 Å². The van der Waals surface area contributed by atoms with Gasteiger partial charge in [-0.15, -0.1) is 0 Å². The molecule has 5 heteroatoms. The molecule has 0 aliphatic heterocycles. The van der Waals surface area contributed by atoms with Gasteiger partial charge in [0.25, 0.3) is 0 Å². The van der Waals surface area contributed by atoms with Crippen LogP contribution >= 0.6 is 11.8 Å². The maximum absolute atomic E-state index is 4.11. The zero-order chi connectivity index (χ0) is 13.1. The van der Waals surface area contributed by atoms with Crippen molar-refractivity contribution >= 4 is 17.4 Å². The minimum absolute atomic E-state index is 0.641. The van der Waals surface area contributed by atoms with Gasteiger partial charge < -0.3 is 5.32 Å². The Morgan fingerprint density at radius 1 is 1.26 bits per heavy atom. The molecule has 19 heavy (non-hydrogen) atoms. The lowest BCUT2D eigenvalue weighted by Gasteiger charge is -2.14. The van der Waals surface area contributed by atoms with Gasteiger partial charge in [-0.05, 0) is 49.4 Å². The maximum atomic E-state index is 4.11. The second-order valence-corrected chi connectivity index (χ2v) is 6.24. The van der Waals surface area contributed by atoms with Crippen LogP contribution in [-0.2, 0) is 0 Å². The Morgan fingerprint density at radius 2 is 2.11 bits per heavy atom. The Hall–Kier alpha value is -1.49. The molecule has 0 bridgehead atoms. The average Bonchev–Trinajstić information content (AvgIpc) is 3.04. The van der Waals surface area contributed by atoms with E-state index in [0.29, 0.717) is 6.04 Å². The van der Waals surface area contributed by atoms with Crippen molar-refractivity contribution in [2.45, 2.75) is 42.3 Å². The van der Waals surface area contributed by atoms with E-state index in [2.05, 4.69) is 51.7 Å². The molecule has 1 fully saturated rings. The number of hydrogen-bond donors (Lipinski definition) is 2. The molecule has 0 saturated heterocycles. The highest BCUT2D eigenvalue weighted by Gasteiger charge is 2.20.